The fourth-order valence-electron chi connectivity index (χ4n) is 2.84. The lowest BCUT2D eigenvalue weighted by atomic mass is 10.1. The van der Waals surface area contributed by atoms with Crippen molar-refractivity contribution < 1.29 is 0 Å². The first-order valence-corrected chi connectivity index (χ1v) is 7.61. The van der Waals surface area contributed by atoms with Gasteiger partial charge in [0.15, 0.2) is 11.2 Å². The number of hydrogen-bond donors (Lipinski definition) is 1. The summed E-state index contributed by atoms with van der Waals surface area (Å²) in [5, 5.41) is 9.09. The van der Waals surface area contributed by atoms with E-state index in [-0.39, 0.29) is 5.56 Å². The van der Waals surface area contributed by atoms with Crippen LogP contribution in [0.5, 0.6) is 0 Å². The molecule has 0 unspecified atom stereocenters. The van der Waals surface area contributed by atoms with Crippen molar-refractivity contribution in [1.29, 1.82) is 0 Å². The van der Waals surface area contributed by atoms with Crippen LogP contribution in [0.25, 0.3) is 22.1 Å². The van der Waals surface area contributed by atoms with Gasteiger partial charge in [0.1, 0.15) is 6.33 Å². The molecule has 7 nitrogen and oxygen atoms in total. The van der Waals surface area contributed by atoms with Crippen LogP contribution < -0.4 is 5.56 Å². The molecule has 0 amide bonds. The number of nitrogens with one attached hydrogen (secondary N) is 1. The number of aromatic amines is 1. The average Bonchev–Trinajstić information content (AvgIpc) is 3.18. The summed E-state index contributed by atoms with van der Waals surface area (Å²) in [6, 6.07) is 8.14. The smallest absolute Gasteiger partial charge is 0.283 e. The van der Waals surface area contributed by atoms with Crippen LogP contribution >= 0.6 is 0 Å². The predicted octanol–water partition coefficient (Wildman–Crippen LogP) is 1.73. The summed E-state index contributed by atoms with van der Waals surface area (Å²) in [5.41, 5.74) is 3.02. The molecule has 0 atom stereocenters. The van der Waals surface area contributed by atoms with E-state index >= 15 is 0 Å². The molecule has 0 spiro atoms. The number of para-hydroxylation sites is 1. The second-order valence-electron chi connectivity index (χ2n) is 5.43. The van der Waals surface area contributed by atoms with Crippen LogP contribution in [-0.2, 0) is 19.5 Å². The van der Waals surface area contributed by atoms with Gasteiger partial charge in [-0.25, -0.2) is 9.67 Å². The normalized spacial score (nSPS) is 11.5. The first kappa shape index (κ1) is 13.7. The molecule has 0 aliphatic carbocycles. The van der Waals surface area contributed by atoms with Gasteiger partial charge >= 0.3 is 0 Å². The van der Waals surface area contributed by atoms with Crippen molar-refractivity contribution in [3.63, 3.8) is 0 Å². The Kier molecular flexibility index (Phi) is 3.18. The van der Waals surface area contributed by atoms with Crippen LogP contribution in [0.15, 0.2) is 41.6 Å². The minimum Gasteiger partial charge on any atom is -0.361 e. The van der Waals surface area contributed by atoms with Crippen molar-refractivity contribution in [3.05, 3.63) is 52.7 Å². The van der Waals surface area contributed by atoms with Gasteiger partial charge in [-0.1, -0.05) is 23.4 Å². The molecule has 116 valence electrons. The van der Waals surface area contributed by atoms with E-state index in [1.807, 2.05) is 31.3 Å². The Morgan fingerprint density at radius 2 is 2.13 bits per heavy atom. The van der Waals surface area contributed by atoms with Crippen molar-refractivity contribution in [3.8, 4) is 0 Å². The molecule has 4 rings (SSSR count). The number of rotatable bonds is 4. The highest BCUT2D eigenvalue weighted by molar-refractivity contribution is 5.83. The maximum Gasteiger partial charge on any atom is 0.283 e. The van der Waals surface area contributed by atoms with Gasteiger partial charge in [0.2, 0.25) is 0 Å². The standard InChI is InChI=1S/C16H16N6O/c1-2-22-15-14(19-20-22)16(23)21(10-18-15)8-7-11-9-17-13-6-4-3-5-12(11)13/h3-6,9-10,17H,2,7-8H2,1H3. The highest BCUT2D eigenvalue weighted by Crippen LogP contribution is 2.18. The number of benzene rings is 1. The van der Waals surface area contributed by atoms with Crippen molar-refractivity contribution in [2.45, 2.75) is 26.4 Å². The minimum absolute atomic E-state index is 0.144. The summed E-state index contributed by atoms with van der Waals surface area (Å²) in [4.78, 5) is 20.1. The number of hydrogen-bond acceptors (Lipinski definition) is 4. The zero-order valence-electron chi connectivity index (χ0n) is 12.7. The van der Waals surface area contributed by atoms with E-state index in [2.05, 4.69) is 26.3 Å². The van der Waals surface area contributed by atoms with E-state index < -0.39 is 0 Å². The van der Waals surface area contributed by atoms with Gasteiger partial charge in [-0.15, -0.1) is 5.10 Å². The Hall–Kier alpha value is -2.96. The third-order valence-electron chi connectivity index (χ3n) is 4.09. The average molecular weight is 308 g/mol. The van der Waals surface area contributed by atoms with E-state index in [9.17, 15) is 4.79 Å². The number of fused-ring (bicyclic) bond motifs is 2. The third kappa shape index (κ3) is 2.21. The molecule has 0 aliphatic rings. The van der Waals surface area contributed by atoms with Gasteiger partial charge in [0, 0.05) is 30.2 Å². The Balaban J connectivity index is 1.65. The van der Waals surface area contributed by atoms with Crippen LogP contribution in [0.2, 0.25) is 0 Å². The Morgan fingerprint density at radius 3 is 3.00 bits per heavy atom. The lowest BCUT2D eigenvalue weighted by Gasteiger charge is -2.04. The van der Waals surface area contributed by atoms with Gasteiger partial charge in [-0.2, -0.15) is 0 Å². The van der Waals surface area contributed by atoms with Gasteiger partial charge < -0.3 is 4.98 Å². The molecule has 0 saturated carbocycles. The molecule has 23 heavy (non-hydrogen) atoms. The maximum atomic E-state index is 12.5. The Bertz CT molecular complexity index is 1040. The fourth-order valence-corrected chi connectivity index (χ4v) is 2.84. The van der Waals surface area contributed by atoms with E-state index in [4.69, 9.17) is 0 Å². The second kappa shape index (κ2) is 5.35. The van der Waals surface area contributed by atoms with Crippen molar-refractivity contribution in [2.24, 2.45) is 0 Å². The summed E-state index contributed by atoms with van der Waals surface area (Å²) in [6.07, 6.45) is 4.32. The zero-order valence-corrected chi connectivity index (χ0v) is 12.7. The molecular weight excluding hydrogens is 292 g/mol. The molecule has 4 aromatic rings. The molecule has 1 N–H and O–H groups in total. The predicted molar refractivity (Wildman–Crippen MR) is 87.3 cm³/mol. The highest BCUT2D eigenvalue weighted by Gasteiger charge is 2.11. The third-order valence-corrected chi connectivity index (χ3v) is 4.09. The van der Waals surface area contributed by atoms with Crippen LogP contribution in [0.1, 0.15) is 12.5 Å². The van der Waals surface area contributed by atoms with Gasteiger partial charge in [0.05, 0.1) is 0 Å². The number of nitrogens with zero attached hydrogens (tertiary/aromatic N) is 5. The summed E-state index contributed by atoms with van der Waals surface area (Å²) in [5.74, 6) is 0. The van der Waals surface area contributed by atoms with E-state index in [1.54, 1.807) is 15.6 Å². The topological polar surface area (TPSA) is 81.4 Å². The highest BCUT2D eigenvalue weighted by atomic mass is 16.1. The number of H-pyrrole nitrogens is 1. The monoisotopic (exact) mass is 308 g/mol. The fraction of sp³-hybridized carbons (Fsp3) is 0.250. The number of aryl methyl sites for hydroxylation is 3. The lowest BCUT2D eigenvalue weighted by Crippen LogP contribution is -2.22. The van der Waals surface area contributed by atoms with E-state index in [0.717, 1.165) is 11.9 Å². The quantitative estimate of drug-likeness (QED) is 0.622. The van der Waals surface area contributed by atoms with Crippen LogP contribution in [0, 0.1) is 0 Å². The lowest BCUT2D eigenvalue weighted by molar-refractivity contribution is 0.637. The molecule has 0 saturated heterocycles. The van der Waals surface area contributed by atoms with Crippen molar-refractivity contribution >= 4 is 22.1 Å². The summed E-state index contributed by atoms with van der Waals surface area (Å²) in [6.45, 7) is 3.14. The molecular formula is C16H16N6O. The molecule has 0 fully saturated rings. The summed E-state index contributed by atoms with van der Waals surface area (Å²) < 4.78 is 3.22. The zero-order chi connectivity index (χ0) is 15.8. The molecule has 3 heterocycles. The van der Waals surface area contributed by atoms with Crippen LogP contribution in [-0.4, -0.2) is 29.5 Å². The van der Waals surface area contributed by atoms with Crippen LogP contribution in [0.3, 0.4) is 0 Å². The van der Waals surface area contributed by atoms with Crippen molar-refractivity contribution in [2.75, 3.05) is 0 Å². The van der Waals surface area contributed by atoms with Gasteiger partial charge in [-0.05, 0) is 25.0 Å². The second-order valence-corrected chi connectivity index (χ2v) is 5.43. The summed E-state index contributed by atoms with van der Waals surface area (Å²) in [7, 11) is 0. The number of aromatic nitrogens is 6. The SMILES string of the molecule is CCn1nnc2c(=O)n(CCc3c[nH]c4ccccc34)cnc21. The largest absolute Gasteiger partial charge is 0.361 e. The minimum atomic E-state index is -0.144. The first-order chi connectivity index (χ1) is 11.3. The van der Waals surface area contributed by atoms with E-state index in [1.165, 1.54) is 10.9 Å². The van der Waals surface area contributed by atoms with Gasteiger partial charge in [0.25, 0.3) is 5.56 Å². The Morgan fingerprint density at radius 1 is 1.26 bits per heavy atom. The van der Waals surface area contributed by atoms with Gasteiger partial charge in [-0.3, -0.25) is 9.36 Å². The van der Waals surface area contributed by atoms with Crippen LogP contribution in [0.4, 0.5) is 0 Å². The molecule has 1 aromatic carbocycles. The maximum absolute atomic E-state index is 12.5. The molecule has 0 radical (unpaired) electrons. The Labute approximate surface area is 131 Å². The molecule has 0 bridgehead atoms. The molecule has 0 aliphatic heterocycles. The summed E-state index contributed by atoms with van der Waals surface area (Å²) >= 11 is 0. The molecule has 3 aromatic heterocycles. The molecule has 7 heteroatoms. The first-order valence-electron chi connectivity index (χ1n) is 7.61. The van der Waals surface area contributed by atoms with E-state index in [0.29, 0.717) is 24.3 Å². The van der Waals surface area contributed by atoms with Crippen molar-refractivity contribution in [1.82, 2.24) is 29.5 Å².